The molecule has 0 bridgehead atoms. The topological polar surface area (TPSA) is 46.0 Å². The van der Waals surface area contributed by atoms with Crippen LogP contribution in [0.2, 0.25) is 0 Å². The lowest BCUT2D eigenvalue weighted by molar-refractivity contribution is -0.291. The zero-order valence-electron chi connectivity index (χ0n) is 5.78. The molecular formula is C5H2F5NO2. The zero-order chi connectivity index (χ0) is 10.3. The van der Waals surface area contributed by atoms with Gasteiger partial charge in [-0.1, -0.05) is 0 Å². The highest BCUT2D eigenvalue weighted by atomic mass is 19.4. The molecular weight excluding hydrogens is 201 g/mol. The van der Waals surface area contributed by atoms with Gasteiger partial charge in [0.15, 0.2) is 0 Å². The monoisotopic (exact) mass is 203 g/mol. The quantitative estimate of drug-likeness (QED) is 0.705. The molecule has 0 fully saturated rings. The molecule has 1 N–H and O–H groups in total. The molecule has 0 saturated carbocycles. The first kappa shape index (κ1) is 9.75. The Balaban J connectivity index is 3.14. The van der Waals surface area contributed by atoms with E-state index in [9.17, 15) is 26.7 Å². The third kappa shape index (κ3) is 1.56. The molecule has 8 heteroatoms. The first-order valence-electron chi connectivity index (χ1n) is 2.88. The molecule has 0 saturated heterocycles. The van der Waals surface area contributed by atoms with Gasteiger partial charge in [-0.15, -0.1) is 0 Å². The molecule has 1 rings (SSSR count). The highest BCUT2D eigenvalue weighted by molar-refractivity contribution is 5.07. The van der Waals surface area contributed by atoms with Gasteiger partial charge in [-0.2, -0.15) is 22.0 Å². The van der Waals surface area contributed by atoms with Crippen molar-refractivity contribution in [1.82, 2.24) is 5.16 Å². The van der Waals surface area contributed by atoms with Gasteiger partial charge in [0.1, 0.15) is 5.69 Å². The van der Waals surface area contributed by atoms with Crippen molar-refractivity contribution in [2.45, 2.75) is 12.1 Å². The fourth-order valence-electron chi connectivity index (χ4n) is 0.589. The fourth-order valence-corrected chi connectivity index (χ4v) is 0.589. The molecule has 1 heterocycles. The van der Waals surface area contributed by atoms with Crippen molar-refractivity contribution in [2.24, 2.45) is 0 Å². The molecule has 0 spiro atoms. The third-order valence-corrected chi connectivity index (χ3v) is 1.22. The number of alkyl halides is 5. The maximum atomic E-state index is 12.3. The standard InChI is InChI=1S/C5H2F5NO2/c6-4(7,5(8,9)10)2-1-3(12)13-11-2/h1,11H. The zero-order valence-corrected chi connectivity index (χ0v) is 5.78. The Kier molecular flexibility index (Phi) is 1.93. The average molecular weight is 203 g/mol. The van der Waals surface area contributed by atoms with Gasteiger partial charge in [-0.3, -0.25) is 0 Å². The molecule has 0 amide bonds. The number of aromatic nitrogens is 1. The highest BCUT2D eigenvalue weighted by Gasteiger charge is 2.60. The maximum absolute atomic E-state index is 12.3. The van der Waals surface area contributed by atoms with Crippen LogP contribution in [0.3, 0.4) is 0 Å². The van der Waals surface area contributed by atoms with E-state index in [0.717, 1.165) is 0 Å². The van der Waals surface area contributed by atoms with E-state index in [1.165, 1.54) is 5.16 Å². The predicted octanol–water partition coefficient (Wildman–Crippen LogP) is 1.62. The molecule has 0 aliphatic heterocycles. The van der Waals surface area contributed by atoms with Crippen molar-refractivity contribution < 1.29 is 26.5 Å². The van der Waals surface area contributed by atoms with E-state index in [-0.39, 0.29) is 6.07 Å². The molecule has 74 valence electrons. The Morgan fingerprint density at radius 1 is 1.23 bits per heavy atom. The number of hydrogen-bond donors (Lipinski definition) is 1. The highest BCUT2D eigenvalue weighted by Crippen LogP contribution is 2.42. The van der Waals surface area contributed by atoms with E-state index in [4.69, 9.17) is 0 Å². The Bertz CT molecular complexity index is 348. The number of aromatic amines is 1. The molecule has 1 aromatic rings. The maximum Gasteiger partial charge on any atom is 0.459 e. The minimum Gasteiger partial charge on any atom is -0.339 e. The van der Waals surface area contributed by atoms with Crippen LogP contribution in [-0.2, 0) is 5.92 Å². The van der Waals surface area contributed by atoms with Crippen molar-refractivity contribution >= 4 is 0 Å². The van der Waals surface area contributed by atoms with Gasteiger partial charge in [0.05, 0.1) is 6.07 Å². The van der Waals surface area contributed by atoms with Crippen LogP contribution in [0.25, 0.3) is 0 Å². The molecule has 0 aliphatic rings. The Labute approximate surface area is 67.1 Å². The van der Waals surface area contributed by atoms with Crippen molar-refractivity contribution in [3.63, 3.8) is 0 Å². The number of hydrogen-bond acceptors (Lipinski definition) is 2. The summed E-state index contributed by atoms with van der Waals surface area (Å²) in [5, 5.41) is 1.19. The van der Waals surface area contributed by atoms with E-state index < -0.39 is 23.4 Å². The van der Waals surface area contributed by atoms with Crippen molar-refractivity contribution in [3.05, 3.63) is 22.2 Å². The smallest absolute Gasteiger partial charge is 0.339 e. The lowest BCUT2D eigenvalue weighted by atomic mass is 10.2. The summed E-state index contributed by atoms with van der Waals surface area (Å²) < 4.78 is 63.2. The van der Waals surface area contributed by atoms with Gasteiger partial charge in [-0.05, 0) is 0 Å². The van der Waals surface area contributed by atoms with E-state index in [0.29, 0.717) is 0 Å². The molecule has 0 aliphatic carbocycles. The summed E-state index contributed by atoms with van der Waals surface area (Å²) in [4.78, 5) is 10.2. The minimum absolute atomic E-state index is 0.0491. The molecule has 0 aromatic carbocycles. The van der Waals surface area contributed by atoms with Crippen LogP contribution < -0.4 is 5.63 Å². The van der Waals surface area contributed by atoms with Crippen molar-refractivity contribution in [2.75, 3.05) is 0 Å². The lowest BCUT2D eigenvalue weighted by Crippen LogP contribution is -2.34. The molecule has 3 nitrogen and oxygen atoms in total. The third-order valence-electron chi connectivity index (χ3n) is 1.22. The molecule has 0 atom stereocenters. The van der Waals surface area contributed by atoms with Crippen LogP contribution in [0.4, 0.5) is 22.0 Å². The summed E-state index contributed by atoms with van der Waals surface area (Å²) in [7, 11) is 0. The first-order valence-corrected chi connectivity index (χ1v) is 2.88. The van der Waals surface area contributed by atoms with Gasteiger partial charge in [0.2, 0.25) is 0 Å². The van der Waals surface area contributed by atoms with Gasteiger partial charge < -0.3 is 4.52 Å². The van der Waals surface area contributed by atoms with Crippen LogP contribution in [0, 0.1) is 0 Å². The van der Waals surface area contributed by atoms with Crippen LogP contribution >= 0.6 is 0 Å². The lowest BCUT2D eigenvalue weighted by Gasteiger charge is -2.16. The number of nitrogens with one attached hydrogen (secondary N) is 1. The van der Waals surface area contributed by atoms with Gasteiger partial charge in [-0.25, -0.2) is 9.95 Å². The minimum atomic E-state index is -5.75. The second kappa shape index (κ2) is 2.57. The Morgan fingerprint density at radius 3 is 2.08 bits per heavy atom. The fraction of sp³-hybridized carbons (Fsp3) is 0.400. The summed E-state index contributed by atoms with van der Waals surface area (Å²) in [6.45, 7) is 0. The Hall–Kier alpha value is -1.34. The average Bonchev–Trinajstić information content (AvgIpc) is 2.33. The second-order valence-electron chi connectivity index (χ2n) is 2.15. The summed E-state index contributed by atoms with van der Waals surface area (Å²) >= 11 is 0. The van der Waals surface area contributed by atoms with Crippen LogP contribution in [0.1, 0.15) is 5.69 Å². The van der Waals surface area contributed by atoms with E-state index in [1.54, 1.807) is 0 Å². The second-order valence-corrected chi connectivity index (χ2v) is 2.15. The van der Waals surface area contributed by atoms with E-state index in [1.807, 2.05) is 0 Å². The first-order chi connectivity index (χ1) is 5.75. The van der Waals surface area contributed by atoms with Crippen molar-refractivity contribution in [1.29, 1.82) is 0 Å². The number of H-pyrrole nitrogens is 1. The van der Waals surface area contributed by atoms with E-state index >= 15 is 0 Å². The van der Waals surface area contributed by atoms with Crippen LogP contribution in [0.5, 0.6) is 0 Å². The SMILES string of the molecule is O=c1cc(C(F)(F)C(F)(F)F)[nH]o1. The normalized spacial score (nSPS) is 13.3. The molecule has 1 aromatic heterocycles. The molecule has 13 heavy (non-hydrogen) atoms. The largest absolute Gasteiger partial charge is 0.459 e. The van der Waals surface area contributed by atoms with Gasteiger partial charge >= 0.3 is 17.7 Å². The molecule has 0 unspecified atom stereocenters. The van der Waals surface area contributed by atoms with Crippen LogP contribution in [-0.4, -0.2) is 11.3 Å². The van der Waals surface area contributed by atoms with Gasteiger partial charge in [0.25, 0.3) is 0 Å². The molecule has 0 radical (unpaired) electrons. The van der Waals surface area contributed by atoms with Crippen LogP contribution in [0.15, 0.2) is 15.4 Å². The van der Waals surface area contributed by atoms with Crippen molar-refractivity contribution in [3.8, 4) is 0 Å². The van der Waals surface area contributed by atoms with E-state index in [2.05, 4.69) is 4.52 Å². The Morgan fingerprint density at radius 2 is 1.77 bits per heavy atom. The predicted molar refractivity (Wildman–Crippen MR) is 29.3 cm³/mol. The van der Waals surface area contributed by atoms with Gasteiger partial charge in [0, 0.05) is 0 Å². The summed E-state index contributed by atoms with van der Waals surface area (Å²) in [5.74, 6) is -5.10. The number of halogens is 5. The summed E-state index contributed by atoms with van der Waals surface area (Å²) in [6, 6.07) is 0.0491. The summed E-state index contributed by atoms with van der Waals surface area (Å²) in [6.07, 6.45) is -5.75. The summed E-state index contributed by atoms with van der Waals surface area (Å²) in [5.41, 5.74) is -2.90. The number of rotatable bonds is 1.